The fraction of sp³-hybridized carbons (Fsp3) is 0.357. The number of aromatic amines is 1. The Bertz CT molecular complexity index is 620. The number of benzene rings is 1. The molecule has 0 saturated carbocycles. The van der Waals surface area contributed by atoms with Gasteiger partial charge in [-0.3, -0.25) is 0 Å². The van der Waals surface area contributed by atoms with Crippen molar-refractivity contribution in [3.05, 3.63) is 36.0 Å². The van der Waals surface area contributed by atoms with E-state index < -0.39 is 11.0 Å². The van der Waals surface area contributed by atoms with Crippen LogP contribution in [0.15, 0.2) is 34.9 Å². The van der Waals surface area contributed by atoms with Gasteiger partial charge in [0.1, 0.15) is 11.0 Å². The van der Waals surface area contributed by atoms with Crippen molar-refractivity contribution in [1.29, 1.82) is 0 Å². The van der Waals surface area contributed by atoms with Gasteiger partial charge in [0, 0.05) is 22.7 Å². The first kappa shape index (κ1) is 13.0. The minimum atomic E-state index is -1.22. The van der Waals surface area contributed by atoms with Gasteiger partial charge in [-0.25, -0.2) is 4.21 Å². The van der Waals surface area contributed by atoms with Crippen LogP contribution in [0.4, 0.5) is 0 Å². The van der Waals surface area contributed by atoms with Crippen LogP contribution in [0.2, 0.25) is 0 Å². The van der Waals surface area contributed by atoms with Gasteiger partial charge in [0.15, 0.2) is 0 Å². The molecule has 0 fully saturated rings. The van der Waals surface area contributed by atoms with Crippen molar-refractivity contribution in [3.8, 4) is 0 Å². The Kier molecular flexibility index (Phi) is 3.39. The highest BCUT2D eigenvalue weighted by Crippen LogP contribution is 2.20. The van der Waals surface area contributed by atoms with Gasteiger partial charge in [-0.15, -0.1) is 0 Å². The van der Waals surface area contributed by atoms with Crippen molar-refractivity contribution >= 4 is 27.6 Å². The molecule has 1 atom stereocenters. The lowest BCUT2D eigenvalue weighted by atomic mass is 10.1. The lowest BCUT2D eigenvalue weighted by molar-refractivity contribution is 0.650. The summed E-state index contributed by atoms with van der Waals surface area (Å²) in [5, 5.41) is 1.12. The highest BCUT2D eigenvalue weighted by Gasteiger charge is 2.19. The maximum Gasteiger partial charge on any atom is 0.145 e. The normalized spacial score (nSPS) is 15.0. The average molecular weight is 262 g/mol. The Morgan fingerprint density at radius 2 is 2.00 bits per heavy atom. The third kappa shape index (κ3) is 2.53. The molecule has 0 aliphatic heterocycles. The fourth-order valence-corrected chi connectivity index (χ4v) is 2.33. The summed E-state index contributed by atoms with van der Waals surface area (Å²) in [6.07, 6.45) is 1.90. The zero-order valence-corrected chi connectivity index (χ0v) is 12.0. The van der Waals surface area contributed by atoms with E-state index in [1.165, 1.54) is 0 Å². The molecule has 1 N–H and O–H groups in total. The lowest BCUT2D eigenvalue weighted by Gasteiger charge is -2.14. The fourth-order valence-electron chi connectivity index (χ4n) is 1.71. The number of aromatic nitrogens is 1. The monoisotopic (exact) mass is 262 g/mol. The summed E-state index contributed by atoms with van der Waals surface area (Å²) in [6, 6.07) is 8.03. The van der Waals surface area contributed by atoms with E-state index in [1.807, 2.05) is 58.2 Å². The maximum absolute atomic E-state index is 12.0. The number of hydrogen-bond donors (Lipinski definition) is 1. The summed E-state index contributed by atoms with van der Waals surface area (Å²) < 4.78 is 16.0. The smallest absolute Gasteiger partial charge is 0.145 e. The van der Waals surface area contributed by atoms with E-state index in [2.05, 4.69) is 9.38 Å². The molecule has 3 nitrogen and oxygen atoms in total. The molecule has 2 aromatic rings. The number of fused-ring (bicyclic) bond motifs is 1. The second kappa shape index (κ2) is 4.69. The standard InChI is InChI=1S/C14H18N2OS/c1-10(16-18(17)14(2,3)4)11-6-5-7-13-12(11)8-9-15-13/h5-9,15H,1-4H3. The van der Waals surface area contributed by atoms with Crippen molar-refractivity contribution in [2.45, 2.75) is 32.4 Å². The van der Waals surface area contributed by atoms with Gasteiger partial charge < -0.3 is 4.98 Å². The van der Waals surface area contributed by atoms with E-state index in [0.717, 1.165) is 22.2 Å². The summed E-state index contributed by atoms with van der Waals surface area (Å²) in [6.45, 7) is 7.69. The van der Waals surface area contributed by atoms with Crippen LogP contribution in [0.5, 0.6) is 0 Å². The van der Waals surface area contributed by atoms with Gasteiger partial charge in [0.05, 0.1) is 10.5 Å². The van der Waals surface area contributed by atoms with Crippen molar-refractivity contribution in [3.63, 3.8) is 0 Å². The largest absolute Gasteiger partial charge is 0.361 e. The number of H-pyrrole nitrogens is 1. The molecule has 0 bridgehead atoms. The van der Waals surface area contributed by atoms with Crippen molar-refractivity contribution in [1.82, 2.24) is 4.98 Å². The zero-order valence-electron chi connectivity index (χ0n) is 11.2. The third-order valence-electron chi connectivity index (χ3n) is 2.73. The molecule has 0 spiro atoms. The van der Waals surface area contributed by atoms with Gasteiger partial charge in [-0.1, -0.05) is 12.1 Å². The Balaban J connectivity index is 2.46. The van der Waals surface area contributed by atoms with E-state index in [9.17, 15) is 4.21 Å². The highest BCUT2D eigenvalue weighted by molar-refractivity contribution is 7.85. The highest BCUT2D eigenvalue weighted by atomic mass is 32.2. The Labute approximate surface area is 110 Å². The summed E-state index contributed by atoms with van der Waals surface area (Å²) in [4.78, 5) is 3.17. The number of rotatable bonds is 2. The Morgan fingerprint density at radius 3 is 2.67 bits per heavy atom. The molecule has 1 aromatic carbocycles. The lowest BCUT2D eigenvalue weighted by Crippen LogP contribution is -2.20. The number of hydrogen-bond acceptors (Lipinski definition) is 1. The first-order valence-electron chi connectivity index (χ1n) is 5.93. The average Bonchev–Trinajstić information content (AvgIpc) is 2.74. The second-order valence-corrected chi connectivity index (χ2v) is 7.19. The number of nitrogens with one attached hydrogen (secondary N) is 1. The molecule has 18 heavy (non-hydrogen) atoms. The van der Waals surface area contributed by atoms with E-state index in [-0.39, 0.29) is 4.75 Å². The van der Waals surface area contributed by atoms with Crippen LogP contribution in [0.25, 0.3) is 10.9 Å². The van der Waals surface area contributed by atoms with E-state index in [1.54, 1.807) is 0 Å². The molecule has 0 amide bonds. The van der Waals surface area contributed by atoms with E-state index in [4.69, 9.17) is 0 Å². The van der Waals surface area contributed by atoms with Gasteiger partial charge in [0.25, 0.3) is 0 Å². The van der Waals surface area contributed by atoms with Crippen LogP contribution < -0.4 is 0 Å². The minimum absolute atomic E-state index is 0.326. The predicted molar refractivity (Wildman–Crippen MR) is 78.4 cm³/mol. The first-order chi connectivity index (χ1) is 8.39. The molecule has 0 radical (unpaired) electrons. The summed E-state index contributed by atoms with van der Waals surface area (Å²) in [5.41, 5.74) is 2.92. The van der Waals surface area contributed by atoms with Crippen LogP contribution in [0, 0.1) is 0 Å². The summed E-state index contributed by atoms with van der Waals surface area (Å²) >= 11 is 0. The predicted octanol–water partition coefficient (Wildman–Crippen LogP) is 3.44. The second-order valence-electron chi connectivity index (χ2n) is 5.28. The zero-order chi connectivity index (χ0) is 13.3. The van der Waals surface area contributed by atoms with Crippen molar-refractivity contribution < 1.29 is 4.21 Å². The van der Waals surface area contributed by atoms with Gasteiger partial charge in [-0.05, 0) is 39.8 Å². The maximum atomic E-state index is 12.0. The molecule has 96 valence electrons. The molecule has 2 rings (SSSR count). The molecule has 1 aromatic heterocycles. The minimum Gasteiger partial charge on any atom is -0.361 e. The third-order valence-corrected chi connectivity index (χ3v) is 4.22. The summed E-state index contributed by atoms with van der Waals surface area (Å²) in [5.74, 6) is 0. The van der Waals surface area contributed by atoms with Crippen molar-refractivity contribution in [2.75, 3.05) is 0 Å². The van der Waals surface area contributed by atoms with Crippen LogP contribution >= 0.6 is 0 Å². The van der Waals surface area contributed by atoms with Crippen molar-refractivity contribution in [2.24, 2.45) is 4.40 Å². The van der Waals surface area contributed by atoms with Crippen LogP contribution in [0.1, 0.15) is 33.3 Å². The van der Waals surface area contributed by atoms with E-state index in [0.29, 0.717) is 0 Å². The topological polar surface area (TPSA) is 45.2 Å². The molecule has 0 saturated heterocycles. The molecule has 0 aliphatic carbocycles. The Hall–Kier alpha value is -1.42. The molecule has 1 heterocycles. The Morgan fingerprint density at radius 1 is 1.28 bits per heavy atom. The molecule has 1 unspecified atom stereocenters. The van der Waals surface area contributed by atoms with Gasteiger partial charge >= 0.3 is 0 Å². The van der Waals surface area contributed by atoms with Crippen LogP contribution in [0.3, 0.4) is 0 Å². The van der Waals surface area contributed by atoms with Gasteiger partial charge in [-0.2, -0.15) is 4.40 Å². The SMILES string of the molecule is CC(=NS(=O)C(C)(C)C)c1cccc2[nH]ccc12. The van der Waals surface area contributed by atoms with Gasteiger partial charge in [0.2, 0.25) is 0 Å². The quantitative estimate of drug-likeness (QED) is 0.828. The molecule has 0 aliphatic rings. The van der Waals surface area contributed by atoms with E-state index >= 15 is 0 Å². The molecular formula is C14H18N2OS. The molecule has 4 heteroatoms. The first-order valence-corrected chi connectivity index (χ1v) is 7.04. The van der Waals surface area contributed by atoms with Crippen LogP contribution in [-0.4, -0.2) is 19.7 Å². The summed E-state index contributed by atoms with van der Waals surface area (Å²) in [7, 11) is -1.22. The molecular weight excluding hydrogens is 244 g/mol. The number of nitrogens with zero attached hydrogens (tertiary/aromatic N) is 1. The van der Waals surface area contributed by atoms with Crippen LogP contribution in [-0.2, 0) is 11.0 Å².